The predicted molar refractivity (Wildman–Crippen MR) is 121 cm³/mol. The van der Waals surface area contributed by atoms with Gasteiger partial charge in [0.25, 0.3) is 11.8 Å². The van der Waals surface area contributed by atoms with Crippen LogP contribution in [-0.2, 0) is 16.1 Å². The number of carbonyl (C=O) groups is 2. The number of nitrogens with one attached hydrogen (secondary N) is 1. The van der Waals surface area contributed by atoms with Crippen LogP contribution in [0.15, 0.2) is 72.4 Å². The lowest BCUT2D eigenvalue weighted by atomic mass is 9.97. The molecule has 3 aromatic carbocycles. The Morgan fingerprint density at radius 3 is 2.44 bits per heavy atom. The van der Waals surface area contributed by atoms with Gasteiger partial charge in [0, 0.05) is 17.3 Å². The molecule has 1 aliphatic heterocycles. The van der Waals surface area contributed by atoms with E-state index < -0.39 is 17.6 Å². The summed E-state index contributed by atoms with van der Waals surface area (Å²) in [6.45, 7) is 3.71. The van der Waals surface area contributed by atoms with E-state index in [1.165, 1.54) is 6.07 Å². The van der Waals surface area contributed by atoms with Gasteiger partial charge < -0.3 is 10.1 Å². The number of aryl methyl sites for hydroxylation is 2. The average molecular weight is 430 g/mol. The summed E-state index contributed by atoms with van der Waals surface area (Å²) in [6, 6.07) is 18.9. The lowest BCUT2D eigenvalue weighted by Gasteiger charge is -2.16. The summed E-state index contributed by atoms with van der Waals surface area (Å²) >= 11 is 0. The van der Waals surface area contributed by atoms with E-state index in [0.717, 1.165) is 16.0 Å². The highest BCUT2D eigenvalue weighted by Gasteiger charge is 2.40. The summed E-state index contributed by atoms with van der Waals surface area (Å²) in [5, 5.41) is 3.11. The fourth-order valence-corrected chi connectivity index (χ4v) is 3.82. The number of rotatable bonds is 6. The van der Waals surface area contributed by atoms with Crippen LogP contribution in [-0.4, -0.2) is 23.8 Å². The van der Waals surface area contributed by atoms with Crippen LogP contribution in [0.2, 0.25) is 0 Å². The molecule has 0 atom stereocenters. The molecular formula is C26H23FN2O3. The van der Waals surface area contributed by atoms with Crippen LogP contribution in [0.4, 0.5) is 10.1 Å². The molecule has 0 saturated heterocycles. The zero-order chi connectivity index (χ0) is 22.8. The van der Waals surface area contributed by atoms with Gasteiger partial charge in [0.15, 0.2) is 0 Å². The Morgan fingerprint density at radius 2 is 1.72 bits per heavy atom. The molecule has 2 amide bonds. The fourth-order valence-electron chi connectivity index (χ4n) is 3.82. The van der Waals surface area contributed by atoms with Gasteiger partial charge in [-0.15, -0.1) is 0 Å². The highest BCUT2D eigenvalue weighted by atomic mass is 19.1. The Hall–Kier alpha value is -3.93. The van der Waals surface area contributed by atoms with Crippen LogP contribution in [0.3, 0.4) is 0 Å². The van der Waals surface area contributed by atoms with Crippen molar-refractivity contribution in [2.24, 2.45) is 0 Å². The third-order valence-corrected chi connectivity index (χ3v) is 5.44. The number of halogens is 1. The third kappa shape index (κ3) is 3.99. The molecule has 0 saturated carbocycles. The Morgan fingerprint density at radius 1 is 0.938 bits per heavy atom. The van der Waals surface area contributed by atoms with Crippen LogP contribution < -0.4 is 10.1 Å². The van der Waals surface area contributed by atoms with E-state index in [2.05, 4.69) is 5.32 Å². The van der Waals surface area contributed by atoms with Gasteiger partial charge in [0.2, 0.25) is 0 Å². The predicted octanol–water partition coefficient (Wildman–Crippen LogP) is 4.84. The first-order valence-corrected chi connectivity index (χ1v) is 10.2. The molecule has 4 rings (SSSR count). The highest BCUT2D eigenvalue weighted by Crippen LogP contribution is 2.34. The van der Waals surface area contributed by atoms with Crippen LogP contribution >= 0.6 is 0 Å². The largest absolute Gasteiger partial charge is 0.497 e. The molecule has 0 aromatic heterocycles. The molecule has 0 spiro atoms. The van der Waals surface area contributed by atoms with Crippen molar-refractivity contribution in [3.8, 4) is 5.75 Å². The maximum atomic E-state index is 14.3. The lowest BCUT2D eigenvalue weighted by Crippen LogP contribution is -2.32. The van der Waals surface area contributed by atoms with Crippen LogP contribution in [0, 0.1) is 19.7 Å². The summed E-state index contributed by atoms with van der Waals surface area (Å²) in [7, 11) is 1.56. The topological polar surface area (TPSA) is 58.6 Å². The smallest absolute Gasteiger partial charge is 0.278 e. The van der Waals surface area contributed by atoms with E-state index in [-0.39, 0.29) is 23.4 Å². The Bertz CT molecular complexity index is 1250. The molecule has 1 aliphatic rings. The van der Waals surface area contributed by atoms with Crippen LogP contribution in [0.1, 0.15) is 22.3 Å². The number of carbonyl (C=O) groups excluding carboxylic acids is 2. The van der Waals surface area contributed by atoms with Gasteiger partial charge >= 0.3 is 0 Å². The van der Waals surface area contributed by atoms with Crippen molar-refractivity contribution in [2.45, 2.75) is 20.4 Å². The lowest BCUT2D eigenvalue weighted by molar-refractivity contribution is -0.137. The van der Waals surface area contributed by atoms with Gasteiger partial charge in [-0.25, -0.2) is 4.39 Å². The fraction of sp³-hybridized carbons (Fsp3) is 0.154. The minimum Gasteiger partial charge on any atom is -0.497 e. The molecule has 32 heavy (non-hydrogen) atoms. The van der Waals surface area contributed by atoms with E-state index in [4.69, 9.17) is 4.74 Å². The van der Waals surface area contributed by atoms with Crippen molar-refractivity contribution in [3.63, 3.8) is 0 Å². The van der Waals surface area contributed by atoms with Gasteiger partial charge in [0.05, 0.1) is 19.2 Å². The van der Waals surface area contributed by atoms with E-state index >= 15 is 0 Å². The monoisotopic (exact) mass is 430 g/mol. The SMILES string of the molecule is COc1cccc(NC2=C(c3ccc(C)cc3C)C(=O)N(Cc3ccccc3F)C2=O)c1. The first-order chi connectivity index (χ1) is 15.4. The molecule has 162 valence electrons. The summed E-state index contributed by atoms with van der Waals surface area (Å²) < 4.78 is 19.5. The second-order valence-corrected chi connectivity index (χ2v) is 7.71. The minimum atomic E-state index is -0.504. The summed E-state index contributed by atoms with van der Waals surface area (Å²) in [5.41, 5.74) is 3.90. The summed E-state index contributed by atoms with van der Waals surface area (Å²) in [4.78, 5) is 27.9. The van der Waals surface area contributed by atoms with Gasteiger partial charge in [-0.1, -0.05) is 48.0 Å². The highest BCUT2D eigenvalue weighted by molar-refractivity contribution is 6.36. The first-order valence-electron chi connectivity index (χ1n) is 10.2. The van der Waals surface area contributed by atoms with Gasteiger partial charge in [-0.05, 0) is 43.2 Å². The normalized spacial score (nSPS) is 13.7. The van der Waals surface area contributed by atoms with Crippen molar-refractivity contribution < 1.29 is 18.7 Å². The molecule has 0 unspecified atom stereocenters. The maximum absolute atomic E-state index is 14.3. The van der Waals surface area contributed by atoms with E-state index in [9.17, 15) is 14.0 Å². The Kier molecular flexibility index (Phi) is 5.77. The Labute approximate surface area is 186 Å². The summed E-state index contributed by atoms with van der Waals surface area (Å²) in [6.07, 6.45) is 0. The Balaban J connectivity index is 1.79. The quantitative estimate of drug-likeness (QED) is 0.569. The number of nitrogens with zero attached hydrogens (tertiary/aromatic N) is 1. The number of hydrogen-bond donors (Lipinski definition) is 1. The van der Waals surface area contributed by atoms with Crippen LogP contribution in [0.25, 0.3) is 5.57 Å². The first kappa shape index (κ1) is 21.3. The van der Waals surface area contributed by atoms with Crippen molar-refractivity contribution in [3.05, 3.63) is 100 Å². The third-order valence-electron chi connectivity index (χ3n) is 5.44. The van der Waals surface area contributed by atoms with Gasteiger partial charge in [-0.2, -0.15) is 0 Å². The average Bonchev–Trinajstić information content (AvgIpc) is 3.00. The zero-order valence-corrected chi connectivity index (χ0v) is 18.1. The number of imide groups is 1. The molecule has 0 bridgehead atoms. The molecule has 6 heteroatoms. The molecule has 0 radical (unpaired) electrons. The number of ether oxygens (including phenoxy) is 1. The number of methoxy groups -OCH3 is 1. The molecule has 0 aliphatic carbocycles. The summed E-state index contributed by atoms with van der Waals surface area (Å²) in [5.74, 6) is -0.814. The van der Waals surface area contributed by atoms with E-state index in [1.807, 2.05) is 32.0 Å². The molecule has 0 fully saturated rings. The molecule has 1 N–H and O–H groups in total. The second-order valence-electron chi connectivity index (χ2n) is 7.71. The van der Waals surface area contributed by atoms with Crippen molar-refractivity contribution in [1.29, 1.82) is 0 Å². The number of hydrogen-bond acceptors (Lipinski definition) is 4. The standard InChI is InChI=1S/C26H23FN2O3/c1-16-11-12-21(17(2)13-16)23-24(28-19-8-6-9-20(14-19)32-3)26(31)29(25(23)30)15-18-7-4-5-10-22(18)27/h4-14,28H,15H2,1-3H3. The van der Waals surface area contributed by atoms with Crippen LogP contribution in [0.5, 0.6) is 5.75 Å². The minimum absolute atomic E-state index is 0.151. The molecule has 3 aromatic rings. The van der Waals surface area contributed by atoms with E-state index in [1.54, 1.807) is 49.6 Å². The van der Waals surface area contributed by atoms with Gasteiger partial charge in [0.1, 0.15) is 17.3 Å². The van der Waals surface area contributed by atoms with Crippen molar-refractivity contribution >= 4 is 23.1 Å². The number of benzene rings is 3. The number of anilines is 1. The number of amides is 2. The van der Waals surface area contributed by atoms with Crippen molar-refractivity contribution in [2.75, 3.05) is 12.4 Å². The molecule has 5 nitrogen and oxygen atoms in total. The second kappa shape index (κ2) is 8.67. The van der Waals surface area contributed by atoms with Crippen molar-refractivity contribution in [1.82, 2.24) is 4.90 Å². The molecule has 1 heterocycles. The van der Waals surface area contributed by atoms with E-state index in [0.29, 0.717) is 17.0 Å². The molecular weight excluding hydrogens is 407 g/mol. The maximum Gasteiger partial charge on any atom is 0.278 e. The zero-order valence-electron chi connectivity index (χ0n) is 18.1. The van der Waals surface area contributed by atoms with Gasteiger partial charge in [-0.3, -0.25) is 14.5 Å².